The lowest BCUT2D eigenvalue weighted by Gasteiger charge is -2.09. The first kappa shape index (κ1) is 17.4. The van der Waals surface area contributed by atoms with Crippen LogP contribution in [0.5, 0.6) is 0 Å². The number of nitrogen functional groups attached to an aromatic ring is 1. The van der Waals surface area contributed by atoms with Crippen molar-refractivity contribution in [3.8, 4) is 0 Å². The van der Waals surface area contributed by atoms with Gasteiger partial charge in [0.15, 0.2) is 0 Å². The molecule has 0 spiro atoms. The van der Waals surface area contributed by atoms with Crippen molar-refractivity contribution in [1.29, 1.82) is 0 Å². The maximum Gasteiger partial charge on any atom is 0.0749 e. The third-order valence-corrected chi connectivity index (χ3v) is 3.32. The molecule has 114 valence electrons. The quantitative estimate of drug-likeness (QED) is 0.491. The van der Waals surface area contributed by atoms with Gasteiger partial charge in [-0.2, -0.15) is 0 Å². The topological polar surface area (TPSA) is 62.9 Å². The second-order valence-corrected chi connectivity index (χ2v) is 4.93. The molecule has 1 rings (SSSR count). The number of ether oxygens (including phenoxy) is 4. The molecule has 20 heavy (non-hydrogen) atoms. The predicted octanol–water partition coefficient (Wildman–Crippen LogP) is 2.23. The first-order valence-corrected chi connectivity index (χ1v) is 7.30. The Labute approximate surface area is 128 Å². The monoisotopic (exact) mass is 347 g/mol. The summed E-state index contributed by atoms with van der Waals surface area (Å²) in [6, 6.07) is 5.70. The lowest BCUT2D eigenvalue weighted by atomic mass is 10.2. The lowest BCUT2D eigenvalue weighted by molar-refractivity contribution is 0.000873. The van der Waals surface area contributed by atoms with E-state index in [0.29, 0.717) is 46.2 Å². The van der Waals surface area contributed by atoms with Gasteiger partial charge in [-0.15, -0.1) is 0 Å². The van der Waals surface area contributed by atoms with Crippen LogP contribution < -0.4 is 5.73 Å². The molecule has 1 aromatic carbocycles. The van der Waals surface area contributed by atoms with E-state index in [4.69, 9.17) is 24.7 Å². The van der Waals surface area contributed by atoms with E-state index in [1.165, 1.54) is 0 Å². The van der Waals surface area contributed by atoms with Gasteiger partial charge in [-0.3, -0.25) is 0 Å². The van der Waals surface area contributed by atoms with Crippen LogP contribution in [0.2, 0.25) is 0 Å². The summed E-state index contributed by atoms with van der Waals surface area (Å²) in [5, 5.41) is 0. The minimum atomic E-state index is 0.473. The Morgan fingerprint density at radius 2 is 1.55 bits per heavy atom. The van der Waals surface area contributed by atoms with Crippen LogP contribution in [0.15, 0.2) is 22.7 Å². The number of benzene rings is 1. The Kier molecular flexibility index (Phi) is 9.61. The van der Waals surface area contributed by atoms with Crippen molar-refractivity contribution in [3.63, 3.8) is 0 Å². The van der Waals surface area contributed by atoms with Gasteiger partial charge >= 0.3 is 0 Å². The lowest BCUT2D eigenvalue weighted by Crippen LogP contribution is -2.11. The number of nitrogens with two attached hydrogens (primary N) is 1. The summed E-state index contributed by atoms with van der Waals surface area (Å²) in [7, 11) is 1.65. The largest absolute Gasteiger partial charge is 0.398 e. The molecular weight excluding hydrogens is 326 g/mol. The van der Waals surface area contributed by atoms with Crippen LogP contribution in [-0.4, -0.2) is 46.8 Å². The summed E-state index contributed by atoms with van der Waals surface area (Å²) in [4.78, 5) is 0. The molecule has 0 unspecified atom stereocenters. The molecule has 0 aliphatic heterocycles. The van der Waals surface area contributed by atoms with E-state index in [-0.39, 0.29) is 0 Å². The Bertz CT molecular complexity index is 356. The van der Waals surface area contributed by atoms with Crippen molar-refractivity contribution in [2.75, 3.05) is 52.5 Å². The van der Waals surface area contributed by atoms with Gasteiger partial charge < -0.3 is 24.7 Å². The van der Waals surface area contributed by atoms with Gasteiger partial charge in [0.2, 0.25) is 0 Å². The van der Waals surface area contributed by atoms with Crippen LogP contribution in [0.4, 0.5) is 5.69 Å². The highest BCUT2D eigenvalue weighted by Crippen LogP contribution is 2.22. The molecule has 0 amide bonds. The Morgan fingerprint density at radius 1 is 0.950 bits per heavy atom. The fraction of sp³-hybridized carbons (Fsp3) is 0.571. The van der Waals surface area contributed by atoms with Crippen molar-refractivity contribution in [2.24, 2.45) is 0 Å². The van der Waals surface area contributed by atoms with Gasteiger partial charge in [0.05, 0.1) is 46.2 Å². The van der Waals surface area contributed by atoms with E-state index in [9.17, 15) is 0 Å². The van der Waals surface area contributed by atoms with Gasteiger partial charge in [0.1, 0.15) is 0 Å². The number of methoxy groups -OCH3 is 1. The molecule has 0 aliphatic rings. The summed E-state index contributed by atoms with van der Waals surface area (Å²) >= 11 is 3.45. The third kappa shape index (κ3) is 7.21. The number of hydrogen-bond acceptors (Lipinski definition) is 5. The second kappa shape index (κ2) is 11.0. The van der Waals surface area contributed by atoms with E-state index in [2.05, 4.69) is 15.9 Å². The number of anilines is 1. The van der Waals surface area contributed by atoms with Crippen LogP contribution in [0.25, 0.3) is 0 Å². The molecule has 0 saturated heterocycles. The zero-order valence-corrected chi connectivity index (χ0v) is 13.4. The van der Waals surface area contributed by atoms with Crippen LogP contribution in [0.3, 0.4) is 0 Å². The van der Waals surface area contributed by atoms with Crippen molar-refractivity contribution >= 4 is 21.6 Å². The van der Waals surface area contributed by atoms with Crippen LogP contribution in [-0.2, 0) is 25.6 Å². The van der Waals surface area contributed by atoms with Gasteiger partial charge in [0, 0.05) is 22.8 Å². The molecule has 0 aromatic heterocycles. The van der Waals surface area contributed by atoms with Gasteiger partial charge in [-0.25, -0.2) is 0 Å². The van der Waals surface area contributed by atoms with E-state index >= 15 is 0 Å². The highest BCUT2D eigenvalue weighted by atomic mass is 79.9. The highest BCUT2D eigenvalue weighted by Gasteiger charge is 2.03. The highest BCUT2D eigenvalue weighted by molar-refractivity contribution is 9.10. The zero-order chi connectivity index (χ0) is 14.6. The molecule has 2 N–H and O–H groups in total. The second-order valence-electron chi connectivity index (χ2n) is 4.08. The normalized spacial score (nSPS) is 10.9. The molecule has 0 radical (unpaired) electrons. The van der Waals surface area contributed by atoms with Gasteiger partial charge in [-0.1, -0.05) is 22.0 Å². The van der Waals surface area contributed by atoms with Crippen LogP contribution >= 0.6 is 15.9 Å². The Morgan fingerprint density at radius 3 is 2.15 bits per heavy atom. The summed E-state index contributed by atoms with van der Waals surface area (Å²) in [5.74, 6) is 0. The molecular formula is C14H22BrNO4. The van der Waals surface area contributed by atoms with Crippen molar-refractivity contribution < 1.29 is 18.9 Å². The first-order chi connectivity index (χ1) is 9.75. The predicted molar refractivity (Wildman–Crippen MR) is 81.7 cm³/mol. The molecule has 5 nitrogen and oxygen atoms in total. The zero-order valence-electron chi connectivity index (χ0n) is 11.8. The summed E-state index contributed by atoms with van der Waals surface area (Å²) < 4.78 is 22.0. The minimum Gasteiger partial charge on any atom is -0.398 e. The molecule has 6 heteroatoms. The third-order valence-electron chi connectivity index (χ3n) is 2.58. The number of hydrogen-bond donors (Lipinski definition) is 1. The van der Waals surface area contributed by atoms with Crippen LogP contribution in [0, 0.1) is 0 Å². The molecule has 0 atom stereocenters. The minimum absolute atomic E-state index is 0.473. The van der Waals surface area contributed by atoms with E-state index in [1.54, 1.807) is 7.11 Å². The Balaban J connectivity index is 2.00. The van der Waals surface area contributed by atoms with Gasteiger partial charge in [0.25, 0.3) is 0 Å². The summed E-state index contributed by atoms with van der Waals surface area (Å²) in [6.45, 7) is 3.87. The number of rotatable bonds is 11. The standard InChI is InChI=1S/C14H22BrNO4/c1-17-5-6-18-7-8-19-9-10-20-11-12-13(15)3-2-4-14(12)16/h2-4H,5-11,16H2,1H3. The van der Waals surface area contributed by atoms with E-state index < -0.39 is 0 Å². The summed E-state index contributed by atoms with van der Waals surface area (Å²) in [6.07, 6.45) is 0. The molecule has 0 heterocycles. The number of halogens is 1. The smallest absolute Gasteiger partial charge is 0.0749 e. The average Bonchev–Trinajstić information content (AvgIpc) is 2.43. The maximum atomic E-state index is 5.87. The van der Waals surface area contributed by atoms with E-state index in [0.717, 1.165) is 15.7 Å². The summed E-state index contributed by atoms with van der Waals surface area (Å²) in [5.41, 5.74) is 7.57. The molecule has 1 aromatic rings. The first-order valence-electron chi connectivity index (χ1n) is 6.50. The molecule has 0 aliphatic carbocycles. The van der Waals surface area contributed by atoms with Crippen LogP contribution in [0.1, 0.15) is 5.56 Å². The molecule has 0 bridgehead atoms. The maximum absolute atomic E-state index is 5.87. The SMILES string of the molecule is COCCOCCOCCOCc1c(N)cccc1Br. The van der Waals surface area contributed by atoms with E-state index in [1.807, 2.05) is 18.2 Å². The van der Waals surface area contributed by atoms with Crippen molar-refractivity contribution in [2.45, 2.75) is 6.61 Å². The molecule has 0 saturated carbocycles. The van der Waals surface area contributed by atoms with Crippen molar-refractivity contribution in [3.05, 3.63) is 28.2 Å². The fourth-order valence-electron chi connectivity index (χ4n) is 1.48. The fourth-order valence-corrected chi connectivity index (χ4v) is 1.98. The van der Waals surface area contributed by atoms with Crippen molar-refractivity contribution in [1.82, 2.24) is 0 Å². The van der Waals surface area contributed by atoms with Gasteiger partial charge in [-0.05, 0) is 12.1 Å². The average molecular weight is 348 g/mol. The molecule has 0 fully saturated rings. The Hall–Kier alpha value is -0.660.